The summed E-state index contributed by atoms with van der Waals surface area (Å²) in [5.74, 6) is 0.597. The first-order valence-corrected chi connectivity index (χ1v) is 3.18. The van der Waals surface area contributed by atoms with Gasteiger partial charge in [-0.05, 0) is 24.6 Å². The minimum atomic E-state index is 0.528. The molecule has 0 unspecified atom stereocenters. The molecule has 0 spiro atoms. The number of hydrogen-bond acceptors (Lipinski definition) is 2. The molecule has 0 fully saturated rings. The van der Waals surface area contributed by atoms with Crippen molar-refractivity contribution >= 4 is 0 Å². The van der Waals surface area contributed by atoms with Crippen molar-refractivity contribution in [3.63, 3.8) is 0 Å². The van der Waals surface area contributed by atoms with Crippen molar-refractivity contribution in [2.24, 2.45) is 0 Å². The van der Waals surface area contributed by atoms with E-state index in [4.69, 9.17) is 10.00 Å². The van der Waals surface area contributed by atoms with Crippen molar-refractivity contribution in [3.05, 3.63) is 36.2 Å². The molecule has 0 atom stereocenters. The van der Waals surface area contributed by atoms with Crippen LogP contribution in [-0.2, 0) is 0 Å². The molecule has 55 valence electrons. The fourth-order valence-electron chi connectivity index (χ4n) is 0.843. The molecule has 11 heavy (non-hydrogen) atoms. The molecule has 0 aromatic heterocycles. The number of benzene rings is 1. The zero-order chi connectivity index (χ0) is 8.27. The number of hydrogen-bond donors (Lipinski definition) is 0. The van der Waals surface area contributed by atoms with Crippen LogP contribution in [0.2, 0.25) is 0 Å². The molecule has 0 saturated carbocycles. The maximum absolute atomic E-state index is 8.62. The number of methoxy groups -OCH3 is 1. The SMILES string of the molecule is [CH2]c1ccc(OC)c(C#N)c1. The van der Waals surface area contributed by atoms with Gasteiger partial charge >= 0.3 is 0 Å². The average Bonchev–Trinajstić information content (AvgIpc) is 2.04. The van der Waals surface area contributed by atoms with Gasteiger partial charge in [0.1, 0.15) is 11.8 Å². The largest absolute Gasteiger partial charge is 0.495 e. The van der Waals surface area contributed by atoms with E-state index in [-0.39, 0.29) is 0 Å². The Morgan fingerprint density at radius 1 is 1.55 bits per heavy atom. The van der Waals surface area contributed by atoms with Gasteiger partial charge < -0.3 is 4.74 Å². The quantitative estimate of drug-likeness (QED) is 0.604. The summed E-state index contributed by atoms with van der Waals surface area (Å²) >= 11 is 0. The highest BCUT2D eigenvalue weighted by molar-refractivity contribution is 5.45. The number of rotatable bonds is 1. The average molecular weight is 146 g/mol. The van der Waals surface area contributed by atoms with Gasteiger partial charge in [0, 0.05) is 0 Å². The third-order valence-corrected chi connectivity index (χ3v) is 1.38. The molecule has 2 heteroatoms. The molecule has 0 aliphatic heterocycles. The summed E-state index contributed by atoms with van der Waals surface area (Å²) in [5.41, 5.74) is 1.35. The first kappa shape index (κ1) is 7.62. The summed E-state index contributed by atoms with van der Waals surface area (Å²) in [5, 5.41) is 8.62. The van der Waals surface area contributed by atoms with Gasteiger partial charge in [0.25, 0.3) is 0 Å². The van der Waals surface area contributed by atoms with Gasteiger partial charge in [0.05, 0.1) is 12.7 Å². The van der Waals surface area contributed by atoms with Gasteiger partial charge in [-0.1, -0.05) is 6.07 Å². The Morgan fingerprint density at radius 2 is 2.27 bits per heavy atom. The number of ether oxygens (including phenoxy) is 1. The number of nitrogens with zero attached hydrogens (tertiary/aromatic N) is 1. The van der Waals surface area contributed by atoms with Gasteiger partial charge in [0.15, 0.2) is 0 Å². The standard InChI is InChI=1S/C9H8NO/c1-7-3-4-9(11-2)8(5-7)6-10/h3-5H,1H2,2H3. The van der Waals surface area contributed by atoms with Gasteiger partial charge in [-0.15, -0.1) is 0 Å². The minimum absolute atomic E-state index is 0.528. The highest BCUT2D eigenvalue weighted by atomic mass is 16.5. The lowest BCUT2D eigenvalue weighted by molar-refractivity contribution is 0.413. The van der Waals surface area contributed by atoms with Crippen LogP contribution in [0.15, 0.2) is 18.2 Å². The molecule has 1 radical (unpaired) electrons. The first-order valence-electron chi connectivity index (χ1n) is 3.18. The number of nitriles is 1. The third-order valence-electron chi connectivity index (χ3n) is 1.38. The highest BCUT2D eigenvalue weighted by Gasteiger charge is 1.99. The second-order valence-corrected chi connectivity index (χ2v) is 2.15. The van der Waals surface area contributed by atoms with Gasteiger partial charge in [0.2, 0.25) is 0 Å². The van der Waals surface area contributed by atoms with Crippen LogP contribution >= 0.6 is 0 Å². The van der Waals surface area contributed by atoms with Crippen LogP contribution < -0.4 is 4.74 Å². The molecule has 0 heterocycles. The van der Waals surface area contributed by atoms with Crippen LogP contribution in [0.3, 0.4) is 0 Å². The van der Waals surface area contributed by atoms with Gasteiger partial charge in [-0.2, -0.15) is 5.26 Å². The van der Waals surface area contributed by atoms with E-state index in [1.165, 1.54) is 0 Å². The third kappa shape index (κ3) is 1.50. The summed E-state index contributed by atoms with van der Waals surface area (Å²) < 4.78 is 4.94. The fourth-order valence-corrected chi connectivity index (χ4v) is 0.843. The Bertz CT molecular complexity index is 299. The molecule has 0 aliphatic carbocycles. The Balaban J connectivity index is 3.19. The second-order valence-electron chi connectivity index (χ2n) is 2.15. The van der Waals surface area contributed by atoms with E-state index in [9.17, 15) is 0 Å². The van der Waals surface area contributed by atoms with Crippen LogP contribution in [0.25, 0.3) is 0 Å². The first-order chi connectivity index (χ1) is 5.27. The van der Waals surface area contributed by atoms with Crippen LogP contribution in [-0.4, -0.2) is 7.11 Å². The summed E-state index contributed by atoms with van der Waals surface area (Å²) in [6.45, 7) is 3.70. The van der Waals surface area contributed by atoms with E-state index in [0.29, 0.717) is 11.3 Å². The normalized spacial score (nSPS) is 8.82. The molecule has 2 nitrogen and oxygen atoms in total. The lowest BCUT2D eigenvalue weighted by atomic mass is 10.1. The van der Waals surface area contributed by atoms with E-state index < -0.39 is 0 Å². The molecular weight excluding hydrogens is 138 g/mol. The van der Waals surface area contributed by atoms with Crippen molar-refractivity contribution < 1.29 is 4.74 Å². The molecule has 0 saturated heterocycles. The Labute approximate surface area is 66.0 Å². The van der Waals surface area contributed by atoms with E-state index >= 15 is 0 Å². The molecule has 1 aromatic rings. The van der Waals surface area contributed by atoms with Crippen LogP contribution in [0.1, 0.15) is 11.1 Å². The summed E-state index contributed by atoms with van der Waals surface area (Å²) in [4.78, 5) is 0. The summed E-state index contributed by atoms with van der Waals surface area (Å²) in [6, 6.07) is 7.26. The van der Waals surface area contributed by atoms with E-state index in [1.54, 1.807) is 25.3 Å². The topological polar surface area (TPSA) is 33.0 Å². The Kier molecular flexibility index (Phi) is 2.12. The fraction of sp³-hybridized carbons (Fsp3) is 0.111. The van der Waals surface area contributed by atoms with Crippen molar-refractivity contribution in [3.8, 4) is 11.8 Å². The van der Waals surface area contributed by atoms with Crippen LogP contribution in [0.4, 0.5) is 0 Å². The lowest BCUT2D eigenvalue weighted by Crippen LogP contribution is -1.87. The molecular formula is C9H8NO. The van der Waals surface area contributed by atoms with E-state index in [0.717, 1.165) is 5.56 Å². The highest BCUT2D eigenvalue weighted by Crippen LogP contribution is 2.17. The maximum atomic E-state index is 8.62. The zero-order valence-corrected chi connectivity index (χ0v) is 6.29. The molecule has 0 N–H and O–H groups in total. The van der Waals surface area contributed by atoms with Crippen molar-refractivity contribution in [1.82, 2.24) is 0 Å². The summed E-state index contributed by atoms with van der Waals surface area (Å²) in [7, 11) is 1.54. The predicted octanol–water partition coefficient (Wildman–Crippen LogP) is 1.75. The van der Waals surface area contributed by atoms with Crippen molar-refractivity contribution in [2.45, 2.75) is 0 Å². The molecule has 1 aromatic carbocycles. The monoisotopic (exact) mass is 146 g/mol. The maximum Gasteiger partial charge on any atom is 0.136 e. The summed E-state index contributed by atoms with van der Waals surface area (Å²) in [6.07, 6.45) is 0. The minimum Gasteiger partial charge on any atom is -0.495 e. The smallest absolute Gasteiger partial charge is 0.136 e. The van der Waals surface area contributed by atoms with E-state index in [1.807, 2.05) is 6.07 Å². The molecule has 0 bridgehead atoms. The van der Waals surface area contributed by atoms with Crippen molar-refractivity contribution in [1.29, 1.82) is 5.26 Å². The van der Waals surface area contributed by atoms with Crippen LogP contribution in [0.5, 0.6) is 5.75 Å². The molecule has 0 aliphatic rings. The van der Waals surface area contributed by atoms with Crippen molar-refractivity contribution in [2.75, 3.05) is 7.11 Å². The predicted molar refractivity (Wildman–Crippen MR) is 42.2 cm³/mol. The molecule has 1 rings (SSSR count). The van der Waals surface area contributed by atoms with E-state index in [2.05, 4.69) is 6.92 Å². The molecule has 0 amide bonds. The van der Waals surface area contributed by atoms with Gasteiger partial charge in [-0.3, -0.25) is 0 Å². The Morgan fingerprint density at radius 3 is 2.82 bits per heavy atom. The lowest BCUT2D eigenvalue weighted by Gasteiger charge is -2.01. The zero-order valence-electron chi connectivity index (χ0n) is 6.29. The second kappa shape index (κ2) is 3.07. The van der Waals surface area contributed by atoms with Crippen LogP contribution in [0, 0.1) is 18.3 Å². The van der Waals surface area contributed by atoms with Gasteiger partial charge in [-0.25, -0.2) is 0 Å². The Hall–Kier alpha value is -1.49.